The molecule has 0 spiro atoms. The zero-order chi connectivity index (χ0) is 24.6. The van der Waals surface area contributed by atoms with Crippen LogP contribution in [0.2, 0.25) is 5.02 Å². The van der Waals surface area contributed by atoms with Crippen LogP contribution in [0.25, 0.3) is 6.08 Å². The third-order valence-corrected chi connectivity index (χ3v) is 7.62. The Morgan fingerprint density at radius 2 is 1.76 bits per heavy atom. The number of anilines is 2. The number of nitrogens with zero attached hydrogens (tertiary/aromatic N) is 3. The molecule has 1 fully saturated rings. The van der Waals surface area contributed by atoms with E-state index in [0.717, 1.165) is 12.1 Å². The summed E-state index contributed by atoms with van der Waals surface area (Å²) in [7, 11) is -2.27. The highest BCUT2D eigenvalue weighted by Crippen LogP contribution is 2.35. The molecule has 33 heavy (non-hydrogen) atoms. The van der Waals surface area contributed by atoms with E-state index in [4.69, 9.17) is 11.6 Å². The number of hydrogen-bond donors (Lipinski definition) is 0. The minimum absolute atomic E-state index is 0.0394. The second-order valence-corrected chi connectivity index (χ2v) is 9.96. The molecule has 6 nitrogen and oxygen atoms in total. The Hall–Kier alpha value is -2.56. The number of benzene rings is 2. The van der Waals surface area contributed by atoms with Crippen LogP contribution in [-0.4, -0.2) is 51.9 Å². The molecule has 0 aromatic heterocycles. The number of hydrogen-bond acceptors (Lipinski definition) is 4. The molecule has 1 heterocycles. The van der Waals surface area contributed by atoms with E-state index in [-0.39, 0.29) is 47.7 Å². The number of rotatable bonds is 5. The summed E-state index contributed by atoms with van der Waals surface area (Å²) in [6.07, 6.45) is -3.06. The van der Waals surface area contributed by atoms with Gasteiger partial charge >= 0.3 is 6.18 Å². The number of amides is 1. The smallest absolute Gasteiger partial charge is 0.369 e. The number of piperazine rings is 1. The fourth-order valence-electron chi connectivity index (χ4n) is 3.59. The first kappa shape index (κ1) is 25.1. The van der Waals surface area contributed by atoms with Gasteiger partial charge in [-0.15, -0.1) is 0 Å². The number of carbonyl (C=O) groups excluding carboxylic acids is 1. The summed E-state index contributed by atoms with van der Waals surface area (Å²) in [5.74, 6) is -0.209. The molecule has 0 atom stereocenters. The summed E-state index contributed by atoms with van der Waals surface area (Å²) in [5.41, 5.74) is 0.457. The summed E-state index contributed by atoms with van der Waals surface area (Å²) in [6, 6.07) is 7.73. The van der Waals surface area contributed by atoms with Crippen LogP contribution in [0.15, 0.2) is 47.9 Å². The zero-order valence-electron chi connectivity index (χ0n) is 18.1. The molecule has 0 unspecified atom stereocenters. The normalized spacial score (nSPS) is 15.4. The van der Waals surface area contributed by atoms with Gasteiger partial charge in [0.2, 0.25) is 15.9 Å². The molecule has 0 bridgehead atoms. The highest BCUT2D eigenvalue weighted by molar-refractivity contribution is 7.89. The van der Waals surface area contributed by atoms with Gasteiger partial charge in [-0.2, -0.15) is 17.5 Å². The van der Waals surface area contributed by atoms with Crippen molar-refractivity contribution >= 4 is 45.0 Å². The van der Waals surface area contributed by atoms with Crippen molar-refractivity contribution in [1.29, 1.82) is 0 Å². The number of halogens is 4. The molecule has 2 aromatic rings. The van der Waals surface area contributed by atoms with Crippen molar-refractivity contribution in [2.75, 3.05) is 43.0 Å². The Morgan fingerprint density at radius 1 is 1.12 bits per heavy atom. The maximum atomic E-state index is 13.2. The first-order valence-corrected chi connectivity index (χ1v) is 11.8. The monoisotopic (exact) mass is 501 g/mol. The van der Waals surface area contributed by atoms with Crippen molar-refractivity contribution in [2.45, 2.75) is 18.0 Å². The molecule has 0 N–H and O–H groups in total. The summed E-state index contributed by atoms with van der Waals surface area (Å²) in [6.45, 7) is 5.69. The minimum atomic E-state index is -4.53. The van der Waals surface area contributed by atoms with Gasteiger partial charge in [0, 0.05) is 50.9 Å². The van der Waals surface area contributed by atoms with Gasteiger partial charge in [-0.1, -0.05) is 24.3 Å². The Morgan fingerprint density at radius 3 is 2.30 bits per heavy atom. The van der Waals surface area contributed by atoms with E-state index < -0.39 is 21.8 Å². The second-order valence-electron chi connectivity index (χ2n) is 7.59. The van der Waals surface area contributed by atoms with Crippen LogP contribution in [0, 0.1) is 0 Å². The molecule has 3 rings (SSSR count). The lowest BCUT2D eigenvalue weighted by Crippen LogP contribution is -2.48. The van der Waals surface area contributed by atoms with E-state index in [0.29, 0.717) is 11.3 Å². The van der Waals surface area contributed by atoms with Crippen molar-refractivity contribution in [2.24, 2.45) is 0 Å². The maximum absolute atomic E-state index is 13.2. The van der Waals surface area contributed by atoms with Crippen molar-refractivity contribution in [3.8, 4) is 0 Å². The summed E-state index contributed by atoms with van der Waals surface area (Å²) < 4.78 is 67.0. The predicted molar refractivity (Wildman–Crippen MR) is 123 cm³/mol. The molecular weight excluding hydrogens is 479 g/mol. The number of sulfonamides is 1. The van der Waals surface area contributed by atoms with E-state index in [9.17, 15) is 26.4 Å². The Balaban J connectivity index is 1.80. The van der Waals surface area contributed by atoms with Gasteiger partial charge in [0.05, 0.1) is 16.1 Å². The third kappa shape index (κ3) is 5.34. The highest BCUT2D eigenvalue weighted by Gasteiger charge is 2.33. The fraction of sp³-hybridized carbons (Fsp3) is 0.318. The van der Waals surface area contributed by atoms with Crippen molar-refractivity contribution < 1.29 is 26.4 Å². The minimum Gasteiger partial charge on any atom is -0.369 e. The molecule has 0 saturated carbocycles. The first-order valence-electron chi connectivity index (χ1n) is 9.98. The maximum Gasteiger partial charge on any atom is 0.416 e. The zero-order valence-corrected chi connectivity index (χ0v) is 19.6. The van der Waals surface area contributed by atoms with E-state index in [2.05, 4.69) is 6.58 Å². The lowest BCUT2D eigenvalue weighted by atomic mass is 10.1. The van der Waals surface area contributed by atoms with Crippen LogP contribution in [0.4, 0.5) is 24.5 Å². The van der Waals surface area contributed by atoms with Gasteiger partial charge in [-0.3, -0.25) is 4.79 Å². The molecule has 178 valence electrons. The molecule has 1 saturated heterocycles. The molecule has 0 aliphatic carbocycles. The Labute approximate surface area is 195 Å². The van der Waals surface area contributed by atoms with Crippen LogP contribution in [0.1, 0.15) is 18.1 Å². The third-order valence-electron chi connectivity index (χ3n) is 5.50. The number of alkyl halides is 3. The highest BCUT2D eigenvalue weighted by atomic mass is 35.5. The standard InChI is InChI=1S/C22H23ClF3N3O3S/c1-4-16-11-20(5-6-21(16)27(3)15(2)30)33(31,32)29-9-7-28(8-10-29)19-13-17(22(24,25)26)12-18(23)14-19/h4-6,11-14H,1,7-10H2,2-3H3. The van der Waals surface area contributed by atoms with Gasteiger partial charge in [-0.25, -0.2) is 8.42 Å². The van der Waals surface area contributed by atoms with Gasteiger partial charge in [0.15, 0.2) is 0 Å². The molecule has 1 aliphatic rings. The van der Waals surface area contributed by atoms with Gasteiger partial charge in [0.25, 0.3) is 0 Å². The van der Waals surface area contributed by atoms with Crippen LogP contribution in [0.5, 0.6) is 0 Å². The lowest BCUT2D eigenvalue weighted by Gasteiger charge is -2.35. The average Bonchev–Trinajstić information content (AvgIpc) is 2.77. The van der Waals surface area contributed by atoms with Gasteiger partial charge in [0.1, 0.15) is 0 Å². The van der Waals surface area contributed by atoms with Gasteiger partial charge in [-0.05, 0) is 42.0 Å². The average molecular weight is 502 g/mol. The second kappa shape index (κ2) is 9.36. The van der Waals surface area contributed by atoms with E-state index in [1.807, 2.05) is 0 Å². The van der Waals surface area contributed by atoms with Crippen LogP contribution in [-0.2, 0) is 21.0 Å². The largest absolute Gasteiger partial charge is 0.416 e. The Bertz CT molecular complexity index is 1180. The lowest BCUT2D eigenvalue weighted by molar-refractivity contribution is -0.137. The van der Waals surface area contributed by atoms with Crippen LogP contribution >= 0.6 is 11.6 Å². The summed E-state index contributed by atoms with van der Waals surface area (Å²) in [4.78, 5) is 14.8. The van der Waals surface area contributed by atoms with Crippen LogP contribution < -0.4 is 9.80 Å². The molecule has 2 aromatic carbocycles. The topological polar surface area (TPSA) is 60.9 Å². The summed E-state index contributed by atoms with van der Waals surface area (Å²) >= 11 is 5.87. The van der Waals surface area contributed by atoms with E-state index in [1.165, 1.54) is 40.4 Å². The first-order chi connectivity index (χ1) is 15.3. The fourth-order valence-corrected chi connectivity index (χ4v) is 5.28. The van der Waals surface area contributed by atoms with Gasteiger partial charge < -0.3 is 9.80 Å². The molecular formula is C22H23ClF3N3O3S. The predicted octanol–water partition coefficient (Wildman–Crippen LogP) is 4.50. The Kier molecular flexibility index (Phi) is 7.11. The van der Waals surface area contributed by atoms with E-state index in [1.54, 1.807) is 18.0 Å². The molecule has 11 heteroatoms. The van der Waals surface area contributed by atoms with Crippen molar-refractivity contribution in [1.82, 2.24) is 4.31 Å². The molecule has 1 amide bonds. The van der Waals surface area contributed by atoms with E-state index >= 15 is 0 Å². The van der Waals surface area contributed by atoms with Crippen LogP contribution in [0.3, 0.4) is 0 Å². The van der Waals surface area contributed by atoms with Crippen molar-refractivity contribution in [3.63, 3.8) is 0 Å². The molecule has 0 radical (unpaired) electrons. The SMILES string of the molecule is C=Cc1cc(S(=O)(=O)N2CCN(c3cc(Cl)cc(C(F)(F)F)c3)CC2)ccc1N(C)C(C)=O. The van der Waals surface area contributed by atoms with Crippen molar-refractivity contribution in [3.05, 3.63) is 59.1 Å². The summed E-state index contributed by atoms with van der Waals surface area (Å²) in [5, 5.41) is -0.0394. The molecule has 1 aliphatic heterocycles. The quantitative estimate of drug-likeness (QED) is 0.605. The number of carbonyl (C=O) groups is 1.